The number of hydrogen-bond acceptors (Lipinski definition) is 1. The van der Waals surface area contributed by atoms with Crippen molar-refractivity contribution in [3.63, 3.8) is 0 Å². The second-order valence-electron chi connectivity index (χ2n) is 9.00. The number of nitrogens with zero attached hydrogens (tertiary/aromatic N) is 1. The zero-order chi connectivity index (χ0) is 19.3. The summed E-state index contributed by atoms with van der Waals surface area (Å²) in [6, 6.07) is 15.4. The van der Waals surface area contributed by atoms with Gasteiger partial charge in [0.05, 0.1) is 5.56 Å². The van der Waals surface area contributed by atoms with Gasteiger partial charge in [0.1, 0.15) is 18.2 Å². The van der Waals surface area contributed by atoms with E-state index in [9.17, 15) is 0 Å². The summed E-state index contributed by atoms with van der Waals surface area (Å²) in [5.41, 5.74) is 8.45. The molecule has 0 atom stereocenters. The van der Waals surface area contributed by atoms with Gasteiger partial charge in [0.15, 0.2) is 6.20 Å². The van der Waals surface area contributed by atoms with Crippen molar-refractivity contribution >= 4 is 21.9 Å². The summed E-state index contributed by atoms with van der Waals surface area (Å²) >= 11 is 0. The molecule has 0 radical (unpaired) electrons. The van der Waals surface area contributed by atoms with Gasteiger partial charge in [0, 0.05) is 22.9 Å². The van der Waals surface area contributed by atoms with Crippen LogP contribution in [0.2, 0.25) is 0 Å². The third kappa shape index (κ3) is 3.25. The largest absolute Gasteiger partial charge is 0.455 e. The van der Waals surface area contributed by atoms with Gasteiger partial charge in [0.2, 0.25) is 5.69 Å². The van der Waals surface area contributed by atoms with E-state index < -0.39 is 0 Å². The summed E-state index contributed by atoms with van der Waals surface area (Å²) < 4.78 is 8.56. The van der Waals surface area contributed by atoms with Crippen LogP contribution in [-0.2, 0) is 13.5 Å². The second kappa shape index (κ2) is 6.23. The molecule has 2 aromatic heterocycles. The number of furan rings is 1. The maximum Gasteiger partial charge on any atom is 0.216 e. The van der Waals surface area contributed by atoms with Crippen molar-refractivity contribution in [3.05, 3.63) is 65.4 Å². The molecule has 0 aliphatic heterocycles. The van der Waals surface area contributed by atoms with E-state index in [-0.39, 0.29) is 5.41 Å². The average Bonchev–Trinajstić information content (AvgIpc) is 2.93. The molecule has 0 fully saturated rings. The van der Waals surface area contributed by atoms with Crippen molar-refractivity contribution < 1.29 is 8.98 Å². The highest BCUT2D eigenvalue weighted by molar-refractivity contribution is 6.09. The normalized spacial score (nSPS) is 12.2. The fourth-order valence-corrected chi connectivity index (χ4v) is 3.96. The van der Waals surface area contributed by atoms with Gasteiger partial charge in [-0.2, -0.15) is 0 Å². The molecule has 138 valence electrons. The summed E-state index contributed by atoms with van der Waals surface area (Å²) in [7, 11) is 2.11. The molecular formula is C25H28NO+. The SMILES string of the molecule is Cc1ccc2oc3c(-c4cc(CC(C)(C)C)cc[n+]4C)c(C)ccc3c2c1. The number of aryl methyl sites for hydroxylation is 3. The molecule has 4 rings (SSSR count). The molecule has 0 saturated carbocycles. The lowest BCUT2D eigenvalue weighted by Gasteiger charge is -2.18. The maximum absolute atomic E-state index is 6.36. The van der Waals surface area contributed by atoms with Crippen LogP contribution < -0.4 is 4.57 Å². The standard InChI is InChI=1S/C25H28NO/c1-16-7-10-22-20(13-16)19-9-8-17(2)23(24(19)27-22)21-14-18(11-12-26(21)6)15-25(3,4)5/h7-14H,15H2,1-6H3/q+1. The third-order valence-electron chi connectivity index (χ3n) is 5.21. The van der Waals surface area contributed by atoms with E-state index in [0.717, 1.165) is 17.6 Å². The molecule has 0 unspecified atom stereocenters. The Morgan fingerprint density at radius 1 is 0.926 bits per heavy atom. The molecule has 0 aliphatic carbocycles. The summed E-state index contributed by atoms with van der Waals surface area (Å²) in [5.74, 6) is 0. The van der Waals surface area contributed by atoms with Crippen LogP contribution in [-0.4, -0.2) is 0 Å². The fourth-order valence-electron chi connectivity index (χ4n) is 3.96. The first-order valence-corrected chi connectivity index (χ1v) is 9.64. The molecule has 27 heavy (non-hydrogen) atoms. The second-order valence-corrected chi connectivity index (χ2v) is 9.00. The van der Waals surface area contributed by atoms with Gasteiger partial charge in [-0.05, 0) is 48.9 Å². The van der Waals surface area contributed by atoms with Crippen molar-refractivity contribution in [1.29, 1.82) is 0 Å². The number of benzene rings is 2. The van der Waals surface area contributed by atoms with Crippen LogP contribution in [0.1, 0.15) is 37.5 Å². The van der Waals surface area contributed by atoms with E-state index in [1.807, 2.05) is 0 Å². The van der Waals surface area contributed by atoms with E-state index in [1.54, 1.807) is 0 Å². The Morgan fingerprint density at radius 2 is 1.70 bits per heavy atom. The number of aromatic nitrogens is 1. The predicted molar refractivity (Wildman–Crippen MR) is 113 cm³/mol. The molecule has 0 spiro atoms. The first-order chi connectivity index (χ1) is 12.7. The Morgan fingerprint density at radius 3 is 2.44 bits per heavy atom. The highest BCUT2D eigenvalue weighted by atomic mass is 16.3. The number of pyridine rings is 1. The predicted octanol–water partition coefficient (Wildman–Crippen LogP) is 6.28. The summed E-state index contributed by atoms with van der Waals surface area (Å²) in [6.45, 7) is 11.2. The number of fused-ring (bicyclic) bond motifs is 3. The van der Waals surface area contributed by atoms with Crippen LogP contribution >= 0.6 is 0 Å². The molecule has 2 aromatic carbocycles. The molecular weight excluding hydrogens is 330 g/mol. The maximum atomic E-state index is 6.36. The topological polar surface area (TPSA) is 17.0 Å². The molecule has 0 amide bonds. The summed E-state index contributed by atoms with van der Waals surface area (Å²) in [5, 5.41) is 2.38. The lowest BCUT2D eigenvalue weighted by molar-refractivity contribution is -0.660. The van der Waals surface area contributed by atoms with Gasteiger partial charge in [-0.3, -0.25) is 0 Å². The van der Waals surface area contributed by atoms with E-state index in [0.29, 0.717) is 0 Å². The highest BCUT2D eigenvalue weighted by Gasteiger charge is 2.22. The molecule has 0 saturated heterocycles. The van der Waals surface area contributed by atoms with Crippen LogP contribution in [0.3, 0.4) is 0 Å². The molecule has 2 heteroatoms. The molecule has 2 nitrogen and oxygen atoms in total. The Kier molecular flexibility index (Phi) is 4.10. The monoisotopic (exact) mass is 358 g/mol. The van der Waals surface area contributed by atoms with E-state index >= 15 is 0 Å². The lowest BCUT2D eigenvalue weighted by Crippen LogP contribution is -2.31. The van der Waals surface area contributed by atoms with Crippen molar-refractivity contribution in [2.24, 2.45) is 12.5 Å². The average molecular weight is 359 g/mol. The molecule has 2 heterocycles. The van der Waals surface area contributed by atoms with Gasteiger partial charge in [-0.25, -0.2) is 4.57 Å². The van der Waals surface area contributed by atoms with E-state index in [2.05, 4.69) is 94.9 Å². The van der Waals surface area contributed by atoms with Crippen molar-refractivity contribution in [2.75, 3.05) is 0 Å². The van der Waals surface area contributed by atoms with Crippen LogP contribution in [0.25, 0.3) is 33.2 Å². The lowest BCUT2D eigenvalue weighted by atomic mass is 9.88. The van der Waals surface area contributed by atoms with Crippen LogP contribution in [0, 0.1) is 19.3 Å². The Hall–Kier alpha value is -2.61. The van der Waals surface area contributed by atoms with E-state index in [4.69, 9.17) is 4.42 Å². The van der Waals surface area contributed by atoms with Gasteiger partial charge in [0.25, 0.3) is 0 Å². The zero-order valence-corrected chi connectivity index (χ0v) is 17.2. The zero-order valence-electron chi connectivity index (χ0n) is 17.2. The minimum atomic E-state index is 0.259. The van der Waals surface area contributed by atoms with Crippen LogP contribution in [0.15, 0.2) is 53.1 Å². The van der Waals surface area contributed by atoms with Gasteiger partial charge < -0.3 is 4.42 Å². The van der Waals surface area contributed by atoms with Gasteiger partial charge in [-0.1, -0.05) is 44.5 Å². The molecule has 0 aliphatic rings. The van der Waals surface area contributed by atoms with Crippen molar-refractivity contribution in [1.82, 2.24) is 0 Å². The summed E-state index contributed by atoms with van der Waals surface area (Å²) in [6.07, 6.45) is 3.22. The van der Waals surface area contributed by atoms with Crippen molar-refractivity contribution in [3.8, 4) is 11.3 Å². The van der Waals surface area contributed by atoms with Crippen molar-refractivity contribution in [2.45, 2.75) is 41.0 Å². The molecule has 0 N–H and O–H groups in total. The highest BCUT2D eigenvalue weighted by Crippen LogP contribution is 2.37. The van der Waals surface area contributed by atoms with Crippen LogP contribution in [0.5, 0.6) is 0 Å². The van der Waals surface area contributed by atoms with E-state index in [1.165, 1.54) is 38.7 Å². The Balaban J connectivity index is 2.00. The fraction of sp³-hybridized carbons (Fsp3) is 0.320. The first-order valence-electron chi connectivity index (χ1n) is 9.64. The Bertz CT molecular complexity index is 1160. The van der Waals surface area contributed by atoms with Gasteiger partial charge >= 0.3 is 0 Å². The van der Waals surface area contributed by atoms with Crippen LogP contribution in [0.4, 0.5) is 0 Å². The Labute approximate surface area is 161 Å². The minimum Gasteiger partial charge on any atom is -0.455 e. The quantitative estimate of drug-likeness (QED) is 0.385. The number of rotatable bonds is 2. The third-order valence-corrected chi connectivity index (χ3v) is 5.21. The van der Waals surface area contributed by atoms with Gasteiger partial charge in [-0.15, -0.1) is 0 Å². The summed E-state index contributed by atoms with van der Waals surface area (Å²) in [4.78, 5) is 0. The molecule has 4 aromatic rings. The number of hydrogen-bond donors (Lipinski definition) is 0. The minimum absolute atomic E-state index is 0.259. The smallest absolute Gasteiger partial charge is 0.216 e. The first kappa shape index (κ1) is 17.8. The molecule has 0 bridgehead atoms.